The molecule has 0 aliphatic carbocycles. The van der Waals surface area contributed by atoms with Crippen LogP contribution in [0.5, 0.6) is 5.75 Å². The number of hydrazone groups is 1. The fourth-order valence-electron chi connectivity index (χ4n) is 3.11. The van der Waals surface area contributed by atoms with Crippen molar-refractivity contribution in [1.82, 2.24) is 4.83 Å². The van der Waals surface area contributed by atoms with Crippen molar-refractivity contribution >= 4 is 56.2 Å². The molecule has 0 heterocycles. The number of halogens is 2. The molecule has 0 spiro atoms. The standard InChI is InChI=1S/C24H16Cl2N2O4S/c25-17-10-12-18(13-11-17)33(30,31)28-27-15-21-19-6-2-1-5-16(19)9-14-23(21)32-24(29)20-7-3-4-8-22(20)26/h1-15,28H/b27-15+. The summed E-state index contributed by atoms with van der Waals surface area (Å²) in [7, 11) is -3.92. The van der Waals surface area contributed by atoms with E-state index in [1.807, 2.05) is 24.3 Å². The SMILES string of the molecule is O=C(Oc1ccc2ccccc2c1/C=N/NS(=O)(=O)c1ccc(Cl)cc1)c1ccccc1Cl. The predicted molar refractivity (Wildman–Crippen MR) is 130 cm³/mol. The zero-order valence-electron chi connectivity index (χ0n) is 16.9. The van der Waals surface area contributed by atoms with Crippen LogP contribution in [0, 0.1) is 0 Å². The third-order valence-electron chi connectivity index (χ3n) is 4.72. The Labute approximate surface area is 200 Å². The number of rotatable bonds is 6. The van der Waals surface area contributed by atoms with Gasteiger partial charge in [-0.1, -0.05) is 65.7 Å². The summed E-state index contributed by atoms with van der Waals surface area (Å²) in [5.41, 5.74) is 0.631. The van der Waals surface area contributed by atoms with Crippen LogP contribution < -0.4 is 9.57 Å². The van der Waals surface area contributed by atoms with Crippen LogP contribution in [0.25, 0.3) is 10.8 Å². The Morgan fingerprint density at radius 2 is 1.58 bits per heavy atom. The van der Waals surface area contributed by atoms with Crippen LogP contribution in [0.2, 0.25) is 10.0 Å². The minimum absolute atomic E-state index is 0.00680. The summed E-state index contributed by atoms with van der Waals surface area (Å²) in [6, 6.07) is 23.0. The fourth-order valence-corrected chi connectivity index (χ4v) is 4.24. The number of sulfonamides is 1. The van der Waals surface area contributed by atoms with Gasteiger partial charge in [0.15, 0.2) is 0 Å². The van der Waals surface area contributed by atoms with Gasteiger partial charge in [0.1, 0.15) is 5.75 Å². The van der Waals surface area contributed by atoms with E-state index in [0.717, 1.165) is 10.8 Å². The van der Waals surface area contributed by atoms with E-state index in [-0.39, 0.29) is 21.2 Å². The van der Waals surface area contributed by atoms with Crippen molar-refractivity contribution in [3.63, 3.8) is 0 Å². The second-order valence-corrected chi connectivity index (χ2v) is 9.38. The second-order valence-electron chi connectivity index (χ2n) is 6.87. The first-order valence-corrected chi connectivity index (χ1v) is 11.9. The summed E-state index contributed by atoms with van der Waals surface area (Å²) in [6.07, 6.45) is 1.30. The smallest absolute Gasteiger partial charge is 0.345 e. The van der Waals surface area contributed by atoms with Crippen LogP contribution in [-0.2, 0) is 10.0 Å². The molecule has 0 unspecified atom stereocenters. The lowest BCUT2D eigenvalue weighted by atomic mass is 10.0. The number of nitrogens with zero attached hydrogens (tertiary/aromatic N) is 1. The Balaban J connectivity index is 1.67. The molecule has 0 saturated heterocycles. The monoisotopic (exact) mass is 498 g/mol. The lowest BCUT2D eigenvalue weighted by molar-refractivity contribution is 0.0735. The molecule has 4 aromatic rings. The second kappa shape index (κ2) is 9.62. The number of fused-ring (bicyclic) bond motifs is 1. The van der Waals surface area contributed by atoms with Gasteiger partial charge in [-0.05, 0) is 53.2 Å². The molecule has 4 aromatic carbocycles. The molecular weight excluding hydrogens is 483 g/mol. The zero-order chi connectivity index (χ0) is 23.4. The highest BCUT2D eigenvalue weighted by Gasteiger charge is 2.16. The normalized spacial score (nSPS) is 11.6. The molecule has 0 fully saturated rings. The van der Waals surface area contributed by atoms with Gasteiger partial charge in [0.25, 0.3) is 10.0 Å². The van der Waals surface area contributed by atoms with E-state index < -0.39 is 16.0 Å². The summed E-state index contributed by atoms with van der Waals surface area (Å²) >= 11 is 11.9. The summed E-state index contributed by atoms with van der Waals surface area (Å²) in [5, 5.41) is 6.16. The maximum atomic E-state index is 12.7. The van der Waals surface area contributed by atoms with E-state index in [9.17, 15) is 13.2 Å². The van der Waals surface area contributed by atoms with Gasteiger partial charge in [-0.3, -0.25) is 0 Å². The number of benzene rings is 4. The van der Waals surface area contributed by atoms with Gasteiger partial charge in [0.05, 0.1) is 21.7 Å². The molecule has 0 saturated carbocycles. The Morgan fingerprint density at radius 3 is 2.33 bits per heavy atom. The van der Waals surface area contributed by atoms with Gasteiger partial charge in [0, 0.05) is 10.6 Å². The molecule has 0 aromatic heterocycles. The molecule has 0 amide bonds. The molecular formula is C24H16Cl2N2O4S. The topological polar surface area (TPSA) is 84.8 Å². The van der Waals surface area contributed by atoms with Crippen molar-refractivity contribution in [2.45, 2.75) is 4.90 Å². The molecule has 0 radical (unpaired) electrons. The molecule has 0 aliphatic heterocycles. The minimum atomic E-state index is -3.92. The quantitative estimate of drug-likeness (QED) is 0.160. The molecule has 1 N–H and O–H groups in total. The summed E-state index contributed by atoms with van der Waals surface area (Å²) in [6.45, 7) is 0. The maximum absolute atomic E-state index is 12.7. The third kappa shape index (κ3) is 5.17. The number of ether oxygens (including phenoxy) is 1. The number of carbonyl (C=O) groups excluding carboxylic acids is 1. The third-order valence-corrected chi connectivity index (χ3v) is 6.54. The highest BCUT2D eigenvalue weighted by Crippen LogP contribution is 2.28. The number of hydrogen-bond acceptors (Lipinski definition) is 5. The summed E-state index contributed by atoms with van der Waals surface area (Å²) in [5.74, 6) is -0.444. The Morgan fingerprint density at radius 1 is 0.879 bits per heavy atom. The lowest BCUT2D eigenvalue weighted by Crippen LogP contribution is -2.18. The van der Waals surface area contributed by atoms with Crippen LogP contribution in [0.4, 0.5) is 0 Å². The first-order valence-electron chi connectivity index (χ1n) is 9.64. The van der Waals surface area contributed by atoms with Gasteiger partial charge in [-0.25, -0.2) is 9.63 Å². The number of hydrogen-bond donors (Lipinski definition) is 1. The van der Waals surface area contributed by atoms with Gasteiger partial charge in [0.2, 0.25) is 0 Å². The fraction of sp³-hybridized carbons (Fsp3) is 0. The largest absolute Gasteiger partial charge is 0.422 e. The number of carbonyl (C=O) groups is 1. The van der Waals surface area contributed by atoms with E-state index in [1.54, 1.807) is 36.4 Å². The maximum Gasteiger partial charge on any atom is 0.345 e. The van der Waals surface area contributed by atoms with Crippen LogP contribution in [0.1, 0.15) is 15.9 Å². The summed E-state index contributed by atoms with van der Waals surface area (Å²) < 4.78 is 30.6. The van der Waals surface area contributed by atoms with Crippen molar-refractivity contribution in [3.8, 4) is 5.75 Å². The number of nitrogens with one attached hydrogen (secondary N) is 1. The van der Waals surface area contributed by atoms with Crippen molar-refractivity contribution in [2.24, 2.45) is 5.10 Å². The van der Waals surface area contributed by atoms with Gasteiger partial charge in [-0.2, -0.15) is 13.5 Å². The molecule has 6 nitrogen and oxygen atoms in total. The molecule has 4 rings (SSSR count). The van der Waals surface area contributed by atoms with Crippen LogP contribution in [-0.4, -0.2) is 20.6 Å². The van der Waals surface area contributed by atoms with Crippen molar-refractivity contribution in [2.75, 3.05) is 0 Å². The van der Waals surface area contributed by atoms with Gasteiger partial charge in [-0.15, -0.1) is 0 Å². The van der Waals surface area contributed by atoms with E-state index in [4.69, 9.17) is 27.9 Å². The van der Waals surface area contributed by atoms with Crippen LogP contribution >= 0.6 is 23.2 Å². The molecule has 0 atom stereocenters. The van der Waals surface area contributed by atoms with Crippen LogP contribution in [0.15, 0.2) is 94.9 Å². The molecule has 33 heavy (non-hydrogen) atoms. The van der Waals surface area contributed by atoms with Crippen molar-refractivity contribution in [3.05, 3.63) is 106 Å². The Hall–Kier alpha value is -3.39. The van der Waals surface area contributed by atoms with Crippen molar-refractivity contribution < 1.29 is 17.9 Å². The number of esters is 1. The Bertz CT molecular complexity index is 1470. The first-order chi connectivity index (χ1) is 15.8. The predicted octanol–water partition coefficient (Wildman–Crippen LogP) is 5.68. The van der Waals surface area contributed by atoms with E-state index in [0.29, 0.717) is 10.6 Å². The lowest BCUT2D eigenvalue weighted by Gasteiger charge is -2.11. The molecule has 0 bridgehead atoms. The zero-order valence-corrected chi connectivity index (χ0v) is 19.2. The molecule has 0 aliphatic rings. The highest BCUT2D eigenvalue weighted by atomic mass is 35.5. The minimum Gasteiger partial charge on any atom is -0.422 e. The molecule has 166 valence electrons. The van der Waals surface area contributed by atoms with E-state index in [2.05, 4.69) is 9.93 Å². The van der Waals surface area contributed by atoms with E-state index >= 15 is 0 Å². The van der Waals surface area contributed by atoms with Gasteiger partial charge >= 0.3 is 5.97 Å². The van der Waals surface area contributed by atoms with Crippen LogP contribution in [0.3, 0.4) is 0 Å². The highest BCUT2D eigenvalue weighted by molar-refractivity contribution is 7.89. The van der Waals surface area contributed by atoms with Crippen molar-refractivity contribution in [1.29, 1.82) is 0 Å². The average molecular weight is 499 g/mol. The summed E-state index contributed by atoms with van der Waals surface area (Å²) in [4.78, 5) is 14.9. The average Bonchev–Trinajstić information content (AvgIpc) is 2.80. The Kier molecular flexibility index (Phi) is 6.65. The van der Waals surface area contributed by atoms with E-state index in [1.165, 1.54) is 30.5 Å². The molecule has 9 heteroatoms. The van der Waals surface area contributed by atoms with Gasteiger partial charge < -0.3 is 4.74 Å². The first kappa shape index (κ1) is 22.8.